The van der Waals surface area contributed by atoms with Crippen molar-refractivity contribution < 1.29 is 27.1 Å². The van der Waals surface area contributed by atoms with Gasteiger partial charge in [-0.15, -0.1) is 18.3 Å². The number of benzene rings is 3. The van der Waals surface area contributed by atoms with Crippen LogP contribution in [-0.2, 0) is 6.42 Å². The SMILES string of the molecule is CC(C)c1cc(F)ccc1N1CCSC1=NC(=O)NCCCCc1ccc(-c2ncn(-c3ccc(OC(F)(F)F)cc3)n2)cc1. The molecule has 5 rings (SSSR count). The standard InChI is InChI=1S/C32H32F4N6O2S/c1-21(2)27-19-24(33)10-15-28(27)41-17-18-45-31(41)39-30(43)37-16-4-3-5-22-6-8-23(9-7-22)29-38-20-42(40-29)25-11-13-26(14-12-25)44-32(34,35)36/h6-15,19-21H,3-5,16-18H2,1-2H3,(H,37,43). The molecular formula is C32H32F4N6O2S. The highest BCUT2D eigenvalue weighted by molar-refractivity contribution is 8.14. The summed E-state index contributed by atoms with van der Waals surface area (Å²) < 4.78 is 56.4. The molecule has 2 heterocycles. The van der Waals surface area contributed by atoms with E-state index >= 15 is 0 Å². The maximum absolute atomic E-state index is 13.8. The molecule has 8 nitrogen and oxygen atoms in total. The van der Waals surface area contributed by atoms with Gasteiger partial charge in [-0.05, 0) is 78.8 Å². The second-order valence-electron chi connectivity index (χ2n) is 10.7. The number of aryl methyl sites for hydroxylation is 1. The van der Waals surface area contributed by atoms with E-state index in [-0.39, 0.29) is 23.5 Å². The van der Waals surface area contributed by atoms with E-state index in [0.29, 0.717) is 29.8 Å². The zero-order valence-electron chi connectivity index (χ0n) is 24.7. The minimum absolute atomic E-state index is 0.132. The second-order valence-corrected chi connectivity index (χ2v) is 11.8. The Balaban J connectivity index is 1.08. The average Bonchev–Trinajstić information content (AvgIpc) is 3.67. The van der Waals surface area contributed by atoms with Gasteiger partial charge >= 0.3 is 12.4 Å². The molecule has 3 aromatic carbocycles. The third-order valence-electron chi connectivity index (χ3n) is 7.08. The molecule has 1 fully saturated rings. The van der Waals surface area contributed by atoms with Gasteiger partial charge in [-0.25, -0.2) is 18.9 Å². The van der Waals surface area contributed by atoms with Gasteiger partial charge in [0, 0.05) is 30.1 Å². The van der Waals surface area contributed by atoms with E-state index in [9.17, 15) is 22.4 Å². The minimum Gasteiger partial charge on any atom is -0.406 e. The Labute approximate surface area is 262 Å². The number of carbonyl (C=O) groups excluding carboxylic acids is 1. The minimum atomic E-state index is -4.75. The molecule has 0 radical (unpaired) electrons. The summed E-state index contributed by atoms with van der Waals surface area (Å²) in [5.41, 5.74) is 4.25. The quantitative estimate of drug-likeness (QED) is 0.141. The van der Waals surface area contributed by atoms with Gasteiger partial charge in [-0.1, -0.05) is 49.9 Å². The number of rotatable bonds is 10. The number of ether oxygens (including phenoxy) is 1. The topological polar surface area (TPSA) is 84.6 Å². The predicted octanol–water partition coefficient (Wildman–Crippen LogP) is 7.74. The number of nitrogens with one attached hydrogen (secondary N) is 1. The summed E-state index contributed by atoms with van der Waals surface area (Å²) in [5.74, 6) is 0.832. The number of thioether (sulfide) groups is 1. The molecule has 13 heteroatoms. The van der Waals surface area contributed by atoms with Gasteiger partial charge in [0.25, 0.3) is 0 Å². The third kappa shape index (κ3) is 8.62. The van der Waals surface area contributed by atoms with Crippen molar-refractivity contribution in [2.24, 2.45) is 4.99 Å². The fraction of sp³-hybridized carbons (Fsp3) is 0.312. The number of amidine groups is 1. The van der Waals surface area contributed by atoms with Crippen LogP contribution in [0.2, 0.25) is 0 Å². The molecule has 1 aliphatic heterocycles. The first-order chi connectivity index (χ1) is 21.6. The zero-order valence-corrected chi connectivity index (χ0v) is 25.5. The highest BCUT2D eigenvalue weighted by Gasteiger charge is 2.31. The van der Waals surface area contributed by atoms with Crippen molar-refractivity contribution in [1.82, 2.24) is 20.1 Å². The molecule has 1 N–H and O–H groups in total. The van der Waals surface area contributed by atoms with Crippen LogP contribution >= 0.6 is 11.8 Å². The lowest BCUT2D eigenvalue weighted by atomic mass is 10.0. The molecule has 0 spiro atoms. The van der Waals surface area contributed by atoms with Crippen molar-refractivity contribution in [1.29, 1.82) is 0 Å². The second kappa shape index (κ2) is 14.1. The molecular weight excluding hydrogens is 608 g/mol. The van der Waals surface area contributed by atoms with Crippen molar-refractivity contribution in [3.8, 4) is 22.8 Å². The molecule has 1 saturated heterocycles. The molecule has 0 saturated carbocycles. The summed E-state index contributed by atoms with van der Waals surface area (Å²) in [7, 11) is 0. The Morgan fingerprint density at radius 2 is 1.82 bits per heavy atom. The Morgan fingerprint density at radius 1 is 1.07 bits per heavy atom. The van der Waals surface area contributed by atoms with Gasteiger partial charge in [-0.2, -0.15) is 4.99 Å². The van der Waals surface area contributed by atoms with Crippen molar-refractivity contribution in [3.05, 3.63) is 90.0 Å². The fourth-order valence-corrected chi connectivity index (χ4v) is 5.82. The summed E-state index contributed by atoms with van der Waals surface area (Å²) in [6.07, 6.45) is -0.779. The predicted molar refractivity (Wildman–Crippen MR) is 168 cm³/mol. The molecule has 2 amide bonds. The fourth-order valence-electron chi connectivity index (χ4n) is 4.87. The van der Waals surface area contributed by atoms with E-state index in [2.05, 4.69) is 25.1 Å². The van der Waals surface area contributed by atoms with Crippen LogP contribution in [0.25, 0.3) is 17.1 Å². The maximum Gasteiger partial charge on any atom is 0.573 e. The van der Waals surface area contributed by atoms with Crippen molar-refractivity contribution >= 4 is 28.6 Å². The number of hydrogen-bond donors (Lipinski definition) is 1. The van der Waals surface area contributed by atoms with Crippen LogP contribution in [0.3, 0.4) is 0 Å². The van der Waals surface area contributed by atoms with E-state index in [1.54, 1.807) is 12.1 Å². The number of urea groups is 1. The molecule has 45 heavy (non-hydrogen) atoms. The maximum atomic E-state index is 13.8. The van der Waals surface area contributed by atoms with E-state index < -0.39 is 6.36 Å². The molecule has 0 bridgehead atoms. The zero-order chi connectivity index (χ0) is 32.0. The van der Waals surface area contributed by atoms with E-state index in [4.69, 9.17) is 0 Å². The molecule has 0 aliphatic carbocycles. The number of amides is 2. The summed E-state index contributed by atoms with van der Waals surface area (Å²) in [6.45, 7) is 5.23. The summed E-state index contributed by atoms with van der Waals surface area (Å²) >= 11 is 1.51. The van der Waals surface area contributed by atoms with Gasteiger partial charge in [0.05, 0.1) is 5.69 Å². The van der Waals surface area contributed by atoms with Crippen LogP contribution in [0.15, 0.2) is 78.0 Å². The Morgan fingerprint density at radius 3 is 2.53 bits per heavy atom. The van der Waals surface area contributed by atoms with E-state index in [1.807, 2.05) is 43.0 Å². The van der Waals surface area contributed by atoms with Crippen molar-refractivity contribution in [3.63, 3.8) is 0 Å². The monoisotopic (exact) mass is 640 g/mol. The highest BCUT2D eigenvalue weighted by Crippen LogP contribution is 2.33. The van der Waals surface area contributed by atoms with Crippen LogP contribution in [0.5, 0.6) is 5.75 Å². The lowest BCUT2D eigenvalue weighted by molar-refractivity contribution is -0.274. The van der Waals surface area contributed by atoms with Crippen LogP contribution in [0.4, 0.5) is 28.0 Å². The molecule has 236 valence electrons. The molecule has 0 atom stereocenters. The van der Waals surface area contributed by atoms with Crippen LogP contribution < -0.4 is 15.0 Å². The summed E-state index contributed by atoms with van der Waals surface area (Å²) in [6, 6.07) is 17.6. The van der Waals surface area contributed by atoms with Gasteiger partial charge in [0.15, 0.2) is 11.0 Å². The summed E-state index contributed by atoms with van der Waals surface area (Å²) in [4.78, 5) is 23.1. The number of aromatic nitrogens is 3. The Hall–Kier alpha value is -4.39. The number of unbranched alkanes of at least 4 members (excludes halogenated alkanes) is 1. The first-order valence-electron chi connectivity index (χ1n) is 14.5. The first kappa shape index (κ1) is 32.0. The lowest BCUT2D eigenvalue weighted by Gasteiger charge is -2.23. The lowest BCUT2D eigenvalue weighted by Crippen LogP contribution is -2.28. The number of alkyl halides is 3. The third-order valence-corrected chi connectivity index (χ3v) is 8.04. The molecule has 4 aromatic rings. The molecule has 0 unspecified atom stereocenters. The number of anilines is 1. The van der Waals surface area contributed by atoms with Crippen molar-refractivity contribution in [2.45, 2.75) is 45.4 Å². The van der Waals surface area contributed by atoms with Crippen molar-refractivity contribution in [2.75, 3.05) is 23.7 Å². The van der Waals surface area contributed by atoms with Gasteiger partial charge in [-0.3, -0.25) is 0 Å². The van der Waals surface area contributed by atoms with Crippen LogP contribution in [0.1, 0.15) is 43.7 Å². The van der Waals surface area contributed by atoms with Gasteiger partial charge in [0.1, 0.15) is 17.9 Å². The molecule has 1 aromatic heterocycles. The molecule has 1 aliphatic rings. The number of carbonyl (C=O) groups is 1. The Bertz CT molecular complexity index is 1640. The Kier molecular flexibility index (Phi) is 10.1. The number of halogens is 4. The normalized spacial score (nSPS) is 14.4. The first-order valence-corrected chi connectivity index (χ1v) is 15.5. The van der Waals surface area contributed by atoms with Gasteiger partial charge < -0.3 is 15.0 Å². The smallest absolute Gasteiger partial charge is 0.406 e. The highest BCUT2D eigenvalue weighted by atomic mass is 32.2. The van der Waals surface area contributed by atoms with Crippen LogP contribution in [-0.4, -0.2) is 51.2 Å². The number of nitrogens with zero attached hydrogens (tertiary/aromatic N) is 5. The van der Waals surface area contributed by atoms with E-state index in [0.717, 1.165) is 47.4 Å². The van der Waals surface area contributed by atoms with Crippen LogP contribution in [0, 0.1) is 5.82 Å². The number of aliphatic imine (C=N–C) groups is 1. The van der Waals surface area contributed by atoms with E-state index in [1.165, 1.54) is 53.1 Å². The summed E-state index contributed by atoms with van der Waals surface area (Å²) in [5, 5.41) is 7.92. The average molecular weight is 641 g/mol. The van der Waals surface area contributed by atoms with Gasteiger partial charge in [0.2, 0.25) is 0 Å². The largest absolute Gasteiger partial charge is 0.573 e. The number of hydrogen-bond acceptors (Lipinski definition) is 5.